The molecule has 1 unspecified atom stereocenters. The third kappa shape index (κ3) is 2.95. The van der Waals surface area contributed by atoms with E-state index in [4.69, 9.17) is 4.74 Å². The highest BCUT2D eigenvalue weighted by Crippen LogP contribution is 2.17. The van der Waals surface area contributed by atoms with Crippen molar-refractivity contribution in [3.05, 3.63) is 0 Å². The molecule has 5 nitrogen and oxygen atoms in total. The van der Waals surface area contributed by atoms with Gasteiger partial charge in [0.05, 0.1) is 13.2 Å². The van der Waals surface area contributed by atoms with Crippen LogP contribution in [-0.2, 0) is 14.3 Å². The zero-order valence-electron chi connectivity index (χ0n) is 9.33. The van der Waals surface area contributed by atoms with Gasteiger partial charge >= 0.3 is 5.97 Å². The van der Waals surface area contributed by atoms with E-state index in [1.807, 2.05) is 0 Å². The zero-order chi connectivity index (χ0) is 11.4. The molecular formula is C11H18N2O3. The van der Waals surface area contributed by atoms with Crippen LogP contribution in [0.3, 0.4) is 0 Å². The average molecular weight is 226 g/mol. The zero-order valence-corrected chi connectivity index (χ0v) is 9.33. The fourth-order valence-corrected chi connectivity index (χ4v) is 2.25. The van der Waals surface area contributed by atoms with Gasteiger partial charge in [0.1, 0.15) is 6.04 Å². The van der Waals surface area contributed by atoms with Crippen molar-refractivity contribution < 1.29 is 14.3 Å². The molecule has 0 aromatic heterocycles. The first-order valence-corrected chi connectivity index (χ1v) is 5.95. The highest BCUT2D eigenvalue weighted by Gasteiger charge is 2.26. The molecule has 0 spiro atoms. The summed E-state index contributed by atoms with van der Waals surface area (Å²) in [5.74, 6) is -0.264. The van der Waals surface area contributed by atoms with Crippen LogP contribution in [0.5, 0.6) is 0 Å². The van der Waals surface area contributed by atoms with E-state index >= 15 is 0 Å². The summed E-state index contributed by atoms with van der Waals surface area (Å²) in [6, 6.07) is 0.0409. The molecule has 0 aromatic rings. The molecular weight excluding hydrogens is 208 g/mol. The Balaban J connectivity index is 1.65. The molecule has 1 aliphatic carbocycles. The van der Waals surface area contributed by atoms with Crippen molar-refractivity contribution >= 4 is 11.9 Å². The predicted molar refractivity (Wildman–Crippen MR) is 57.8 cm³/mol. The maximum Gasteiger partial charge on any atom is 0.323 e. The monoisotopic (exact) mass is 226 g/mol. The van der Waals surface area contributed by atoms with E-state index in [0.717, 1.165) is 12.8 Å². The minimum absolute atomic E-state index is 0.0217. The van der Waals surface area contributed by atoms with Crippen molar-refractivity contribution in [2.45, 2.75) is 44.2 Å². The van der Waals surface area contributed by atoms with Crippen molar-refractivity contribution in [2.75, 3.05) is 13.2 Å². The summed E-state index contributed by atoms with van der Waals surface area (Å²) in [6.45, 7) is 0.664. The quantitative estimate of drug-likeness (QED) is 0.660. The van der Waals surface area contributed by atoms with E-state index in [9.17, 15) is 9.59 Å². The minimum Gasteiger partial charge on any atom is -0.464 e. The van der Waals surface area contributed by atoms with Gasteiger partial charge in [-0.2, -0.15) is 0 Å². The van der Waals surface area contributed by atoms with E-state index in [-0.39, 0.29) is 24.5 Å². The summed E-state index contributed by atoms with van der Waals surface area (Å²) in [5, 5.41) is 5.88. The SMILES string of the molecule is O=C(CNC1CCOC1=O)NC1CCCC1. The summed E-state index contributed by atoms with van der Waals surface area (Å²) in [5.41, 5.74) is 0. The van der Waals surface area contributed by atoms with Gasteiger partial charge in [-0.05, 0) is 12.8 Å². The van der Waals surface area contributed by atoms with Gasteiger partial charge in [0, 0.05) is 12.5 Å². The van der Waals surface area contributed by atoms with Crippen LogP contribution < -0.4 is 10.6 Å². The van der Waals surface area contributed by atoms with Crippen LogP contribution in [0.2, 0.25) is 0 Å². The van der Waals surface area contributed by atoms with Gasteiger partial charge in [-0.15, -0.1) is 0 Å². The second kappa shape index (κ2) is 5.30. The highest BCUT2D eigenvalue weighted by molar-refractivity contribution is 5.81. The van der Waals surface area contributed by atoms with Crippen LogP contribution in [0, 0.1) is 0 Å². The van der Waals surface area contributed by atoms with Gasteiger partial charge in [0.25, 0.3) is 0 Å². The van der Waals surface area contributed by atoms with Gasteiger partial charge in [-0.1, -0.05) is 12.8 Å². The Hall–Kier alpha value is -1.10. The molecule has 1 amide bonds. The molecule has 2 aliphatic rings. The normalized spacial score (nSPS) is 25.8. The third-order valence-corrected chi connectivity index (χ3v) is 3.16. The van der Waals surface area contributed by atoms with Crippen LogP contribution >= 0.6 is 0 Å². The minimum atomic E-state index is -0.297. The number of rotatable bonds is 4. The number of hydrogen-bond donors (Lipinski definition) is 2. The molecule has 2 N–H and O–H groups in total. The van der Waals surface area contributed by atoms with Crippen molar-refractivity contribution in [1.29, 1.82) is 0 Å². The van der Waals surface area contributed by atoms with Crippen molar-refractivity contribution in [3.63, 3.8) is 0 Å². The molecule has 1 aliphatic heterocycles. The molecule has 2 rings (SSSR count). The summed E-state index contributed by atoms with van der Waals surface area (Å²) in [7, 11) is 0. The lowest BCUT2D eigenvalue weighted by Crippen LogP contribution is -2.43. The number of carbonyl (C=O) groups excluding carboxylic acids is 2. The Labute approximate surface area is 94.9 Å². The molecule has 0 bridgehead atoms. The highest BCUT2D eigenvalue weighted by atomic mass is 16.5. The van der Waals surface area contributed by atoms with Crippen molar-refractivity contribution in [3.8, 4) is 0 Å². The number of amides is 1. The summed E-state index contributed by atoms with van der Waals surface area (Å²) in [4.78, 5) is 22.7. The first kappa shape index (κ1) is 11.4. The average Bonchev–Trinajstić information content (AvgIpc) is 2.87. The van der Waals surface area contributed by atoms with Crippen molar-refractivity contribution in [1.82, 2.24) is 10.6 Å². The fourth-order valence-electron chi connectivity index (χ4n) is 2.25. The Kier molecular flexibility index (Phi) is 3.77. The number of cyclic esters (lactones) is 1. The van der Waals surface area contributed by atoms with Gasteiger partial charge < -0.3 is 10.1 Å². The molecule has 2 fully saturated rings. The van der Waals surface area contributed by atoms with E-state index in [2.05, 4.69) is 10.6 Å². The number of esters is 1. The van der Waals surface area contributed by atoms with Crippen LogP contribution in [0.15, 0.2) is 0 Å². The number of ether oxygens (including phenoxy) is 1. The predicted octanol–water partition coefficient (Wildman–Crippen LogP) is -0.0497. The molecule has 1 saturated carbocycles. The second-order valence-corrected chi connectivity index (χ2v) is 4.44. The molecule has 90 valence electrons. The Morgan fingerprint density at radius 3 is 2.69 bits per heavy atom. The number of nitrogens with one attached hydrogen (secondary N) is 2. The van der Waals surface area contributed by atoms with Crippen LogP contribution in [0.4, 0.5) is 0 Å². The number of hydrogen-bond acceptors (Lipinski definition) is 4. The van der Waals surface area contributed by atoms with E-state index < -0.39 is 0 Å². The topological polar surface area (TPSA) is 67.4 Å². The van der Waals surface area contributed by atoms with Crippen molar-refractivity contribution in [2.24, 2.45) is 0 Å². The molecule has 5 heteroatoms. The molecule has 1 saturated heterocycles. The summed E-state index contributed by atoms with van der Waals surface area (Å²) >= 11 is 0. The van der Waals surface area contributed by atoms with Gasteiger partial charge in [0.2, 0.25) is 5.91 Å². The van der Waals surface area contributed by atoms with E-state index in [1.165, 1.54) is 12.8 Å². The lowest BCUT2D eigenvalue weighted by molar-refractivity contribution is -0.139. The molecule has 1 heterocycles. The molecule has 0 radical (unpaired) electrons. The fraction of sp³-hybridized carbons (Fsp3) is 0.818. The lowest BCUT2D eigenvalue weighted by atomic mass is 10.2. The van der Waals surface area contributed by atoms with Crippen LogP contribution in [0.1, 0.15) is 32.1 Å². The Morgan fingerprint density at radius 1 is 1.31 bits per heavy atom. The summed E-state index contributed by atoms with van der Waals surface area (Å²) < 4.78 is 4.80. The maximum atomic E-state index is 11.5. The Bertz CT molecular complexity index is 274. The smallest absolute Gasteiger partial charge is 0.323 e. The first-order valence-electron chi connectivity index (χ1n) is 5.95. The van der Waals surface area contributed by atoms with Crippen LogP contribution in [-0.4, -0.2) is 37.1 Å². The molecule has 0 aromatic carbocycles. The maximum absolute atomic E-state index is 11.5. The standard InChI is InChI=1S/C11H18N2O3/c14-10(13-8-3-1-2-4-8)7-12-9-5-6-16-11(9)15/h8-9,12H,1-7H2,(H,13,14). The third-order valence-electron chi connectivity index (χ3n) is 3.16. The lowest BCUT2D eigenvalue weighted by Gasteiger charge is -2.13. The summed E-state index contributed by atoms with van der Waals surface area (Å²) in [6.07, 6.45) is 5.23. The Morgan fingerprint density at radius 2 is 2.06 bits per heavy atom. The first-order chi connectivity index (χ1) is 7.75. The van der Waals surface area contributed by atoms with Gasteiger partial charge in [-0.3, -0.25) is 14.9 Å². The largest absolute Gasteiger partial charge is 0.464 e. The molecule has 16 heavy (non-hydrogen) atoms. The molecule has 1 atom stereocenters. The van der Waals surface area contributed by atoms with E-state index in [1.54, 1.807) is 0 Å². The van der Waals surface area contributed by atoms with Crippen LogP contribution in [0.25, 0.3) is 0 Å². The van der Waals surface area contributed by atoms with Gasteiger partial charge in [0.15, 0.2) is 0 Å². The second-order valence-electron chi connectivity index (χ2n) is 4.44. The van der Waals surface area contributed by atoms with E-state index in [0.29, 0.717) is 19.1 Å². The number of carbonyl (C=O) groups is 2. The van der Waals surface area contributed by atoms with Gasteiger partial charge in [-0.25, -0.2) is 0 Å².